The molecule has 0 radical (unpaired) electrons. The third-order valence-corrected chi connectivity index (χ3v) is 6.46. The predicted molar refractivity (Wildman–Crippen MR) is 135 cm³/mol. The van der Waals surface area contributed by atoms with Crippen LogP contribution in [0, 0.1) is 0 Å². The van der Waals surface area contributed by atoms with E-state index in [1.807, 2.05) is 31.2 Å². The van der Waals surface area contributed by atoms with E-state index in [4.69, 9.17) is 9.47 Å². The van der Waals surface area contributed by atoms with Crippen LogP contribution < -0.4 is 19.5 Å². The van der Waals surface area contributed by atoms with Crippen molar-refractivity contribution < 1.29 is 22.7 Å². The summed E-state index contributed by atoms with van der Waals surface area (Å²) in [4.78, 5) is 16.9. The van der Waals surface area contributed by atoms with Gasteiger partial charge in [-0.3, -0.25) is 9.78 Å². The third kappa shape index (κ3) is 8.08. The molecule has 2 N–H and O–H groups in total. The lowest BCUT2D eigenvalue weighted by atomic mass is 10.1. The van der Waals surface area contributed by atoms with Crippen molar-refractivity contribution >= 4 is 15.9 Å². The number of hydrogen-bond acceptors (Lipinski definition) is 6. The quantitative estimate of drug-likeness (QED) is 0.394. The zero-order valence-corrected chi connectivity index (χ0v) is 21.0. The highest BCUT2D eigenvalue weighted by molar-refractivity contribution is 7.88. The van der Waals surface area contributed by atoms with Gasteiger partial charge in [0.15, 0.2) is 11.5 Å². The van der Waals surface area contributed by atoms with Crippen LogP contribution in [0.25, 0.3) is 0 Å². The molecule has 0 fully saturated rings. The minimum absolute atomic E-state index is 0.158. The molecule has 9 heteroatoms. The van der Waals surface area contributed by atoms with Crippen LogP contribution in [0.4, 0.5) is 0 Å². The molecular formula is C26H31N3O5S. The van der Waals surface area contributed by atoms with Crippen LogP contribution in [-0.4, -0.2) is 32.0 Å². The maximum absolute atomic E-state index is 12.9. The first-order chi connectivity index (χ1) is 16.8. The Morgan fingerprint density at radius 1 is 1.00 bits per heavy atom. The number of aromatic nitrogens is 1. The largest absolute Gasteiger partial charge is 0.490 e. The van der Waals surface area contributed by atoms with E-state index in [0.717, 1.165) is 11.1 Å². The first-order valence-electron chi connectivity index (χ1n) is 11.4. The van der Waals surface area contributed by atoms with Crippen molar-refractivity contribution in [2.24, 2.45) is 0 Å². The SMILES string of the molecule is CCOc1cc(C(=O)NCc2ccccc2CS(=O)(=O)NC(C)C)ccc1OCc1cccnc1. The van der Waals surface area contributed by atoms with E-state index < -0.39 is 10.0 Å². The van der Waals surface area contributed by atoms with Crippen molar-refractivity contribution in [1.29, 1.82) is 0 Å². The fourth-order valence-corrected chi connectivity index (χ4v) is 4.93. The molecule has 3 aromatic rings. The number of carbonyl (C=O) groups is 1. The summed E-state index contributed by atoms with van der Waals surface area (Å²) in [6.45, 7) is 6.34. The normalized spacial score (nSPS) is 11.3. The number of benzene rings is 2. The van der Waals surface area contributed by atoms with Gasteiger partial charge in [0.1, 0.15) is 6.61 Å². The Labute approximate surface area is 206 Å². The smallest absolute Gasteiger partial charge is 0.251 e. The Morgan fingerprint density at radius 3 is 2.46 bits per heavy atom. The lowest BCUT2D eigenvalue weighted by Gasteiger charge is -2.15. The van der Waals surface area contributed by atoms with Crippen molar-refractivity contribution in [3.05, 3.63) is 89.2 Å². The molecule has 1 amide bonds. The van der Waals surface area contributed by atoms with Crippen molar-refractivity contribution in [2.75, 3.05) is 6.61 Å². The van der Waals surface area contributed by atoms with Gasteiger partial charge in [-0.05, 0) is 56.2 Å². The summed E-state index contributed by atoms with van der Waals surface area (Å²) < 4.78 is 38.9. The van der Waals surface area contributed by atoms with Crippen LogP contribution >= 0.6 is 0 Å². The van der Waals surface area contributed by atoms with E-state index in [1.54, 1.807) is 56.6 Å². The number of pyridine rings is 1. The fourth-order valence-electron chi connectivity index (χ4n) is 3.44. The second kappa shape index (κ2) is 12.3. The summed E-state index contributed by atoms with van der Waals surface area (Å²) in [5.74, 6) is 0.535. The van der Waals surface area contributed by atoms with E-state index in [0.29, 0.717) is 35.8 Å². The second-order valence-corrected chi connectivity index (χ2v) is 9.98. The summed E-state index contributed by atoms with van der Waals surface area (Å²) in [6, 6.07) is 15.7. The van der Waals surface area contributed by atoms with Gasteiger partial charge in [-0.1, -0.05) is 30.3 Å². The molecule has 0 aliphatic rings. The van der Waals surface area contributed by atoms with Crippen molar-refractivity contribution in [2.45, 2.75) is 45.7 Å². The Balaban J connectivity index is 1.68. The van der Waals surface area contributed by atoms with Gasteiger partial charge in [0.25, 0.3) is 5.91 Å². The first-order valence-corrected chi connectivity index (χ1v) is 13.1. The Bertz CT molecular complexity index is 1230. The molecular weight excluding hydrogens is 466 g/mol. The van der Waals surface area contributed by atoms with Gasteiger partial charge in [0, 0.05) is 36.1 Å². The number of carbonyl (C=O) groups excluding carboxylic acids is 1. The molecule has 0 spiro atoms. The Morgan fingerprint density at radius 2 is 1.77 bits per heavy atom. The number of rotatable bonds is 12. The van der Waals surface area contributed by atoms with Crippen molar-refractivity contribution in [3.8, 4) is 11.5 Å². The van der Waals surface area contributed by atoms with Crippen LogP contribution in [0.5, 0.6) is 11.5 Å². The van der Waals surface area contributed by atoms with Gasteiger partial charge in [-0.25, -0.2) is 13.1 Å². The fraction of sp³-hybridized carbons (Fsp3) is 0.308. The van der Waals surface area contributed by atoms with Crippen LogP contribution in [0.1, 0.15) is 47.8 Å². The molecule has 35 heavy (non-hydrogen) atoms. The number of nitrogens with zero attached hydrogens (tertiary/aromatic N) is 1. The zero-order valence-electron chi connectivity index (χ0n) is 20.2. The van der Waals surface area contributed by atoms with Gasteiger partial charge in [-0.2, -0.15) is 0 Å². The molecule has 8 nitrogen and oxygen atoms in total. The van der Waals surface area contributed by atoms with Gasteiger partial charge in [0.05, 0.1) is 12.4 Å². The average Bonchev–Trinajstić information content (AvgIpc) is 2.82. The topological polar surface area (TPSA) is 107 Å². The predicted octanol–water partition coefficient (Wildman–Crippen LogP) is 3.82. The van der Waals surface area contributed by atoms with E-state index in [1.165, 1.54) is 0 Å². The molecule has 0 unspecified atom stereocenters. The van der Waals surface area contributed by atoms with Gasteiger partial charge >= 0.3 is 0 Å². The summed E-state index contributed by atoms with van der Waals surface area (Å²) in [6.07, 6.45) is 3.42. The van der Waals surface area contributed by atoms with Crippen LogP contribution in [0.2, 0.25) is 0 Å². The van der Waals surface area contributed by atoms with Gasteiger partial charge in [0.2, 0.25) is 10.0 Å². The molecule has 0 bridgehead atoms. The van der Waals surface area contributed by atoms with Crippen molar-refractivity contribution in [3.63, 3.8) is 0 Å². The summed E-state index contributed by atoms with van der Waals surface area (Å²) in [5, 5.41) is 2.87. The summed E-state index contributed by atoms with van der Waals surface area (Å²) in [7, 11) is -3.49. The molecule has 0 saturated heterocycles. The first kappa shape index (κ1) is 26.2. The third-order valence-electron chi connectivity index (χ3n) is 4.94. The zero-order chi connectivity index (χ0) is 25.3. The maximum atomic E-state index is 12.9. The van der Waals surface area contributed by atoms with Crippen LogP contribution in [0.15, 0.2) is 67.0 Å². The molecule has 0 aliphatic heterocycles. The molecule has 2 aromatic carbocycles. The minimum Gasteiger partial charge on any atom is -0.490 e. The number of nitrogens with one attached hydrogen (secondary N) is 2. The lowest BCUT2D eigenvalue weighted by molar-refractivity contribution is 0.0950. The number of amides is 1. The van der Waals surface area contributed by atoms with E-state index in [-0.39, 0.29) is 24.2 Å². The molecule has 0 atom stereocenters. The monoisotopic (exact) mass is 497 g/mol. The minimum atomic E-state index is -3.49. The number of ether oxygens (including phenoxy) is 2. The molecule has 3 rings (SSSR count). The second-order valence-electron chi connectivity index (χ2n) is 8.23. The van der Waals surface area contributed by atoms with Gasteiger partial charge in [-0.15, -0.1) is 0 Å². The Hall–Kier alpha value is -3.43. The highest BCUT2D eigenvalue weighted by atomic mass is 32.2. The maximum Gasteiger partial charge on any atom is 0.251 e. The standard InChI is InChI=1S/C26H31N3O5S/c1-4-33-25-14-21(11-12-24(25)34-17-20-8-7-13-27-15-20)26(30)28-16-22-9-5-6-10-23(22)18-35(31,32)29-19(2)3/h5-15,19,29H,4,16-18H2,1-3H3,(H,28,30). The van der Waals surface area contributed by atoms with Gasteiger partial charge < -0.3 is 14.8 Å². The van der Waals surface area contributed by atoms with E-state index in [9.17, 15) is 13.2 Å². The highest BCUT2D eigenvalue weighted by Gasteiger charge is 2.17. The molecule has 186 valence electrons. The number of sulfonamides is 1. The highest BCUT2D eigenvalue weighted by Crippen LogP contribution is 2.29. The van der Waals surface area contributed by atoms with E-state index >= 15 is 0 Å². The molecule has 0 saturated carbocycles. The van der Waals surface area contributed by atoms with E-state index in [2.05, 4.69) is 15.0 Å². The Kier molecular flexibility index (Phi) is 9.22. The average molecular weight is 498 g/mol. The van der Waals surface area contributed by atoms with Crippen molar-refractivity contribution in [1.82, 2.24) is 15.0 Å². The summed E-state index contributed by atoms with van der Waals surface area (Å²) >= 11 is 0. The molecule has 1 heterocycles. The summed E-state index contributed by atoms with van der Waals surface area (Å²) in [5.41, 5.74) is 2.70. The van der Waals surface area contributed by atoms with Crippen LogP contribution in [0.3, 0.4) is 0 Å². The molecule has 0 aliphatic carbocycles. The molecule has 1 aromatic heterocycles. The van der Waals surface area contributed by atoms with Crippen LogP contribution in [-0.2, 0) is 28.9 Å². The number of hydrogen-bond donors (Lipinski definition) is 2. The lowest BCUT2D eigenvalue weighted by Crippen LogP contribution is -2.32.